The van der Waals surface area contributed by atoms with Gasteiger partial charge in [-0.1, -0.05) is 0 Å². The van der Waals surface area contributed by atoms with Gasteiger partial charge in [0.05, 0.1) is 18.8 Å². The molecule has 0 aromatic heterocycles. The normalized spacial score (nSPS) is 19.2. The highest BCUT2D eigenvalue weighted by molar-refractivity contribution is 5.94. The molecular weight excluding hydrogens is 261 g/mol. The Bertz CT molecular complexity index is 510. The van der Waals surface area contributed by atoms with Gasteiger partial charge in [-0.3, -0.25) is 4.79 Å². The van der Waals surface area contributed by atoms with Crippen LogP contribution >= 0.6 is 0 Å². The highest BCUT2D eigenvalue weighted by Crippen LogP contribution is 2.29. The van der Waals surface area contributed by atoms with Crippen LogP contribution < -0.4 is 4.74 Å². The van der Waals surface area contributed by atoms with Crippen molar-refractivity contribution in [1.29, 1.82) is 0 Å². The van der Waals surface area contributed by atoms with Crippen LogP contribution in [-0.2, 0) is 0 Å². The summed E-state index contributed by atoms with van der Waals surface area (Å²) >= 11 is 0. The highest BCUT2D eigenvalue weighted by atomic mass is 19.1. The molecular formula is C15H20FNO3. The molecule has 1 amide bonds. The van der Waals surface area contributed by atoms with Gasteiger partial charge in [-0.2, -0.15) is 0 Å². The number of hydrogen-bond acceptors (Lipinski definition) is 3. The third-order valence-corrected chi connectivity index (χ3v) is 3.73. The molecule has 0 saturated carbocycles. The van der Waals surface area contributed by atoms with Gasteiger partial charge in [-0.05, 0) is 44.9 Å². The first-order valence-corrected chi connectivity index (χ1v) is 6.71. The summed E-state index contributed by atoms with van der Waals surface area (Å²) in [7, 11) is 1.38. The topological polar surface area (TPSA) is 49.8 Å². The summed E-state index contributed by atoms with van der Waals surface area (Å²) in [6, 6.07) is 3.93. The third kappa shape index (κ3) is 2.77. The smallest absolute Gasteiger partial charge is 0.254 e. The summed E-state index contributed by atoms with van der Waals surface area (Å²) < 4.78 is 18.5. The Morgan fingerprint density at radius 1 is 1.50 bits per heavy atom. The molecule has 0 bridgehead atoms. The van der Waals surface area contributed by atoms with Crippen LogP contribution in [0.15, 0.2) is 18.2 Å². The van der Waals surface area contributed by atoms with Gasteiger partial charge >= 0.3 is 0 Å². The average molecular weight is 281 g/mol. The van der Waals surface area contributed by atoms with Crippen molar-refractivity contribution >= 4 is 5.91 Å². The predicted molar refractivity (Wildman–Crippen MR) is 73.3 cm³/mol. The zero-order valence-corrected chi connectivity index (χ0v) is 12.0. The lowest BCUT2D eigenvalue weighted by atomic mass is 9.96. The quantitative estimate of drug-likeness (QED) is 0.924. The molecule has 1 aliphatic heterocycles. The molecule has 1 unspecified atom stereocenters. The Hall–Kier alpha value is -1.62. The van der Waals surface area contributed by atoms with E-state index in [1.54, 1.807) is 24.8 Å². The summed E-state index contributed by atoms with van der Waals surface area (Å²) in [6.45, 7) is 3.97. The third-order valence-electron chi connectivity index (χ3n) is 3.73. The van der Waals surface area contributed by atoms with E-state index in [1.807, 2.05) is 0 Å². The molecule has 0 spiro atoms. The molecule has 1 atom stereocenters. The summed E-state index contributed by atoms with van der Waals surface area (Å²) in [5.41, 5.74) is -0.684. The van der Waals surface area contributed by atoms with Crippen LogP contribution in [0.4, 0.5) is 4.39 Å². The summed E-state index contributed by atoms with van der Waals surface area (Å²) in [5, 5.41) is 10.1. The van der Waals surface area contributed by atoms with E-state index in [1.165, 1.54) is 19.2 Å². The van der Waals surface area contributed by atoms with Crippen LogP contribution in [0.1, 0.15) is 37.0 Å². The Morgan fingerprint density at radius 3 is 2.75 bits per heavy atom. The molecule has 1 fully saturated rings. The van der Waals surface area contributed by atoms with E-state index in [2.05, 4.69) is 0 Å². The van der Waals surface area contributed by atoms with E-state index in [4.69, 9.17) is 4.74 Å². The van der Waals surface area contributed by atoms with Crippen molar-refractivity contribution in [1.82, 2.24) is 4.90 Å². The van der Waals surface area contributed by atoms with Gasteiger partial charge in [-0.15, -0.1) is 0 Å². The van der Waals surface area contributed by atoms with E-state index in [0.29, 0.717) is 6.54 Å². The number of benzene rings is 1. The molecule has 5 heteroatoms. The number of aliphatic hydroxyl groups is 1. The first-order valence-electron chi connectivity index (χ1n) is 6.71. The molecule has 1 aliphatic rings. The fourth-order valence-electron chi connectivity index (χ4n) is 2.71. The highest BCUT2D eigenvalue weighted by Gasteiger charge is 2.38. The van der Waals surface area contributed by atoms with Crippen molar-refractivity contribution in [3.05, 3.63) is 29.6 Å². The second kappa shape index (κ2) is 5.40. The maximum absolute atomic E-state index is 13.7. The van der Waals surface area contributed by atoms with Crippen molar-refractivity contribution in [3.63, 3.8) is 0 Å². The lowest BCUT2D eigenvalue weighted by molar-refractivity contribution is 0.000320. The first kappa shape index (κ1) is 14.8. The number of ether oxygens (including phenoxy) is 1. The standard InChI is InChI=1S/C15H20FNO3/c1-15(2,19)13-5-4-8-17(13)14(18)10-6-7-12(20-3)11(16)9-10/h6-7,9,13,19H,4-5,8H2,1-3H3. The van der Waals surface area contributed by atoms with E-state index in [0.717, 1.165) is 12.8 Å². The monoisotopic (exact) mass is 281 g/mol. The largest absolute Gasteiger partial charge is 0.494 e. The number of carbonyl (C=O) groups is 1. The molecule has 4 nitrogen and oxygen atoms in total. The SMILES string of the molecule is COc1ccc(C(=O)N2CCCC2C(C)(C)O)cc1F. The summed E-state index contributed by atoms with van der Waals surface area (Å²) in [5.74, 6) is -0.699. The molecule has 0 radical (unpaired) electrons. The molecule has 0 aliphatic carbocycles. The molecule has 2 rings (SSSR count). The first-order chi connectivity index (χ1) is 9.34. The molecule has 1 saturated heterocycles. The predicted octanol–water partition coefficient (Wildman–Crippen LogP) is 2.21. The maximum Gasteiger partial charge on any atom is 0.254 e. The number of nitrogens with zero attached hydrogens (tertiary/aromatic N) is 1. The minimum Gasteiger partial charge on any atom is -0.494 e. The van der Waals surface area contributed by atoms with Crippen LogP contribution in [0, 0.1) is 5.82 Å². The van der Waals surface area contributed by atoms with Crippen LogP contribution in [0.3, 0.4) is 0 Å². The minimum absolute atomic E-state index is 0.113. The fourth-order valence-corrected chi connectivity index (χ4v) is 2.71. The molecule has 1 N–H and O–H groups in total. The van der Waals surface area contributed by atoms with Crippen molar-refractivity contribution in [2.24, 2.45) is 0 Å². The van der Waals surface area contributed by atoms with E-state index >= 15 is 0 Å². The van der Waals surface area contributed by atoms with Crippen LogP contribution in [0.5, 0.6) is 5.75 Å². The molecule has 110 valence electrons. The number of carbonyl (C=O) groups excluding carboxylic acids is 1. The number of likely N-dealkylation sites (tertiary alicyclic amines) is 1. The molecule has 1 aromatic carbocycles. The van der Waals surface area contributed by atoms with Crippen molar-refractivity contribution < 1.29 is 19.0 Å². The van der Waals surface area contributed by atoms with Crippen LogP contribution in [0.25, 0.3) is 0 Å². The lowest BCUT2D eigenvalue weighted by Crippen LogP contribution is -2.48. The fraction of sp³-hybridized carbons (Fsp3) is 0.533. The van der Waals surface area contributed by atoms with E-state index in [-0.39, 0.29) is 23.3 Å². The van der Waals surface area contributed by atoms with Crippen LogP contribution in [-0.4, -0.2) is 41.2 Å². The number of hydrogen-bond donors (Lipinski definition) is 1. The minimum atomic E-state index is -0.961. The second-order valence-electron chi connectivity index (χ2n) is 5.66. The van der Waals surface area contributed by atoms with E-state index in [9.17, 15) is 14.3 Å². The van der Waals surface area contributed by atoms with Gasteiger partial charge in [0, 0.05) is 12.1 Å². The van der Waals surface area contributed by atoms with Crippen molar-refractivity contribution in [3.8, 4) is 5.75 Å². The Balaban J connectivity index is 2.25. The van der Waals surface area contributed by atoms with Gasteiger partial charge in [0.25, 0.3) is 5.91 Å². The maximum atomic E-state index is 13.7. The van der Waals surface area contributed by atoms with Crippen LogP contribution in [0.2, 0.25) is 0 Å². The summed E-state index contributed by atoms with van der Waals surface area (Å²) in [4.78, 5) is 14.1. The average Bonchev–Trinajstić information content (AvgIpc) is 2.86. The van der Waals surface area contributed by atoms with Gasteiger partial charge in [0.2, 0.25) is 0 Å². The molecule has 1 aromatic rings. The molecule has 20 heavy (non-hydrogen) atoms. The Morgan fingerprint density at radius 2 is 2.20 bits per heavy atom. The van der Waals surface area contributed by atoms with Gasteiger partial charge in [0.1, 0.15) is 0 Å². The Kier molecular flexibility index (Phi) is 3.99. The van der Waals surface area contributed by atoms with E-state index < -0.39 is 11.4 Å². The summed E-state index contributed by atoms with van der Waals surface area (Å²) in [6.07, 6.45) is 1.60. The number of halogens is 1. The van der Waals surface area contributed by atoms with Gasteiger partial charge < -0.3 is 14.7 Å². The number of methoxy groups -OCH3 is 1. The number of amides is 1. The lowest BCUT2D eigenvalue weighted by Gasteiger charge is -2.33. The van der Waals surface area contributed by atoms with Gasteiger partial charge in [-0.25, -0.2) is 4.39 Å². The van der Waals surface area contributed by atoms with Crippen molar-refractivity contribution in [2.75, 3.05) is 13.7 Å². The zero-order chi connectivity index (χ0) is 14.9. The molecule has 1 heterocycles. The van der Waals surface area contributed by atoms with Crippen molar-refractivity contribution in [2.45, 2.75) is 38.3 Å². The zero-order valence-electron chi connectivity index (χ0n) is 12.0. The Labute approximate surface area is 118 Å². The number of rotatable bonds is 3. The second-order valence-corrected chi connectivity index (χ2v) is 5.66. The van der Waals surface area contributed by atoms with Gasteiger partial charge in [0.15, 0.2) is 11.6 Å².